The molecule has 1 saturated carbocycles. The van der Waals surface area contributed by atoms with Gasteiger partial charge in [-0.3, -0.25) is 4.79 Å². The molecule has 116 valence electrons. The Morgan fingerprint density at radius 1 is 1.00 bits per heavy atom. The van der Waals surface area contributed by atoms with E-state index in [1.54, 1.807) is 13.2 Å². The van der Waals surface area contributed by atoms with Crippen molar-refractivity contribution in [1.82, 2.24) is 0 Å². The molecule has 0 spiro atoms. The molecule has 0 atom stereocenters. The minimum atomic E-state index is 0.307. The van der Waals surface area contributed by atoms with E-state index in [-0.39, 0.29) is 0 Å². The highest BCUT2D eigenvalue weighted by Crippen LogP contribution is 2.32. The molecule has 1 aliphatic rings. The standard InChI is InChI=1S/C19H22O3/c1-21-18-13-12-16(9-5-3-2-4-8-14-20)15-19(18)22-17-10-6-7-11-17/h2-5,8-9,12-15,17H,6-7,10-11H2,1H3. The van der Waals surface area contributed by atoms with Crippen LogP contribution in [0.15, 0.2) is 48.6 Å². The van der Waals surface area contributed by atoms with Crippen LogP contribution >= 0.6 is 0 Å². The van der Waals surface area contributed by atoms with Gasteiger partial charge in [-0.05, 0) is 49.5 Å². The number of allylic oxidation sites excluding steroid dienone is 5. The zero-order valence-electron chi connectivity index (χ0n) is 12.9. The van der Waals surface area contributed by atoms with Gasteiger partial charge in [-0.2, -0.15) is 0 Å². The van der Waals surface area contributed by atoms with Crippen LogP contribution in [0.5, 0.6) is 11.5 Å². The van der Waals surface area contributed by atoms with Crippen molar-refractivity contribution >= 4 is 12.4 Å². The van der Waals surface area contributed by atoms with Gasteiger partial charge in [0.25, 0.3) is 0 Å². The Labute approximate surface area is 131 Å². The normalized spacial score (nSPS) is 16.0. The third kappa shape index (κ3) is 4.92. The largest absolute Gasteiger partial charge is 0.493 e. The summed E-state index contributed by atoms with van der Waals surface area (Å²) in [4.78, 5) is 10.1. The molecule has 0 radical (unpaired) electrons. The maximum atomic E-state index is 10.1. The lowest BCUT2D eigenvalue weighted by Gasteiger charge is -2.16. The van der Waals surface area contributed by atoms with Crippen LogP contribution in [-0.2, 0) is 4.79 Å². The zero-order valence-corrected chi connectivity index (χ0v) is 12.9. The SMILES string of the molecule is COc1ccc(C=CC=CC=CC=O)cc1OC1CCCC1. The van der Waals surface area contributed by atoms with Crippen molar-refractivity contribution < 1.29 is 14.3 Å². The van der Waals surface area contributed by atoms with Crippen LogP contribution in [0.4, 0.5) is 0 Å². The molecule has 1 aliphatic carbocycles. The first-order chi connectivity index (χ1) is 10.8. The fourth-order valence-electron chi connectivity index (χ4n) is 2.48. The summed E-state index contributed by atoms with van der Waals surface area (Å²) in [5.41, 5.74) is 1.05. The molecule has 1 aromatic carbocycles. The summed E-state index contributed by atoms with van der Waals surface area (Å²) >= 11 is 0. The minimum Gasteiger partial charge on any atom is -0.493 e. The molecule has 0 heterocycles. The lowest BCUT2D eigenvalue weighted by atomic mass is 10.2. The van der Waals surface area contributed by atoms with Crippen molar-refractivity contribution in [3.05, 3.63) is 54.1 Å². The molecule has 0 N–H and O–H groups in total. The van der Waals surface area contributed by atoms with E-state index in [1.807, 2.05) is 42.5 Å². The third-order valence-corrected chi connectivity index (χ3v) is 3.60. The third-order valence-electron chi connectivity index (χ3n) is 3.60. The summed E-state index contributed by atoms with van der Waals surface area (Å²) in [5.74, 6) is 1.58. The van der Waals surface area contributed by atoms with Gasteiger partial charge in [-0.1, -0.05) is 36.4 Å². The van der Waals surface area contributed by atoms with Gasteiger partial charge in [-0.25, -0.2) is 0 Å². The predicted octanol–water partition coefficient (Wildman–Crippen LogP) is 4.34. The summed E-state index contributed by atoms with van der Waals surface area (Å²) in [7, 11) is 1.66. The molecule has 2 rings (SSSR count). The number of benzene rings is 1. The molecule has 22 heavy (non-hydrogen) atoms. The van der Waals surface area contributed by atoms with Crippen LogP contribution in [0.25, 0.3) is 6.08 Å². The number of ether oxygens (including phenoxy) is 2. The average Bonchev–Trinajstić information content (AvgIpc) is 3.04. The number of methoxy groups -OCH3 is 1. The van der Waals surface area contributed by atoms with Crippen molar-refractivity contribution in [2.24, 2.45) is 0 Å². The molecule has 0 saturated heterocycles. The van der Waals surface area contributed by atoms with Crippen molar-refractivity contribution in [1.29, 1.82) is 0 Å². The van der Waals surface area contributed by atoms with E-state index >= 15 is 0 Å². The molecular weight excluding hydrogens is 276 g/mol. The number of hydrogen-bond donors (Lipinski definition) is 0. The molecule has 0 aromatic heterocycles. The second-order valence-electron chi connectivity index (χ2n) is 5.20. The van der Waals surface area contributed by atoms with E-state index < -0.39 is 0 Å². The molecule has 3 nitrogen and oxygen atoms in total. The molecule has 0 unspecified atom stereocenters. The first-order valence-electron chi connectivity index (χ1n) is 7.63. The van der Waals surface area contributed by atoms with Crippen LogP contribution in [0, 0.1) is 0 Å². The average molecular weight is 298 g/mol. The summed E-state index contributed by atoms with van der Waals surface area (Å²) in [6, 6.07) is 5.93. The van der Waals surface area contributed by atoms with E-state index in [0.29, 0.717) is 6.10 Å². The maximum absolute atomic E-state index is 10.1. The molecule has 3 heteroatoms. The number of rotatable bonds is 7. The first kappa shape index (κ1) is 16.1. The van der Waals surface area contributed by atoms with Crippen molar-refractivity contribution in [3.63, 3.8) is 0 Å². The number of aldehydes is 1. The van der Waals surface area contributed by atoms with Gasteiger partial charge in [0.2, 0.25) is 0 Å². The Morgan fingerprint density at radius 3 is 2.45 bits per heavy atom. The zero-order chi connectivity index (χ0) is 15.6. The predicted molar refractivity (Wildman–Crippen MR) is 89.3 cm³/mol. The Balaban J connectivity index is 2.05. The fourth-order valence-corrected chi connectivity index (χ4v) is 2.48. The number of hydrogen-bond acceptors (Lipinski definition) is 3. The van der Waals surface area contributed by atoms with Crippen molar-refractivity contribution in [2.75, 3.05) is 7.11 Å². The van der Waals surface area contributed by atoms with Crippen molar-refractivity contribution in [3.8, 4) is 11.5 Å². The molecule has 1 fully saturated rings. The van der Waals surface area contributed by atoms with Crippen LogP contribution < -0.4 is 9.47 Å². The quantitative estimate of drug-likeness (QED) is 0.427. The Hall–Kier alpha value is -2.29. The van der Waals surface area contributed by atoms with Gasteiger partial charge in [0.1, 0.15) is 6.29 Å². The van der Waals surface area contributed by atoms with Gasteiger partial charge < -0.3 is 9.47 Å². The van der Waals surface area contributed by atoms with Gasteiger partial charge in [0.15, 0.2) is 11.5 Å². The summed E-state index contributed by atoms with van der Waals surface area (Å²) < 4.78 is 11.4. The smallest absolute Gasteiger partial charge is 0.162 e. The van der Waals surface area contributed by atoms with Crippen LogP contribution in [0.3, 0.4) is 0 Å². The molecule has 1 aromatic rings. The second-order valence-corrected chi connectivity index (χ2v) is 5.20. The van der Waals surface area contributed by atoms with Crippen molar-refractivity contribution in [2.45, 2.75) is 31.8 Å². The topological polar surface area (TPSA) is 35.5 Å². The summed E-state index contributed by atoms with van der Waals surface area (Å²) in [6.07, 6.45) is 16.5. The van der Waals surface area contributed by atoms with Gasteiger partial charge in [0, 0.05) is 0 Å². The highest BCUT2D eigenvalue weighted by molar-refractivity contribution is 5.65. The van der Waals surface area contributed by atoms with E-state index in [1.165, 1.54) is 18.9 Å². The Morgan fingerprint density at radius 2 is 1.73 bits per heavy atom. The van der Waals surface area contributed by atoms with Gasteiger partial charge >= 0.3 is 0 Å². The van der Waals surface area contributed by atoms with Gasteiger partial charge in [0.05, 0.1) is 13.2 Å². The van der Waals surface area contributed by atoms with E-state index in [4.69, 9.17) is 9.47 Å². The van der Waals surface area contributed by atoms with Crippen LogP contribution in [-0.4, -0.2) is 19.5 Å². The Bertz CT molecular complexity index is 564. The number of carbonyl (C=O) groups is 1. The second kappa shape index (κ2) is 8.88. The fraction of sp³-hybridized carbons (Fsp3) is 0.316. The monoisotopic (exact) mass is 298 g/mol. The molecule has 0 aliphatic heterocycles. The van der Waals surface area contributed by atoms with Crippen LogP contribution in [0.1, 0.15) is 31.2 Å². The maximum Gasteiger partial charge on any atom is 0.162 e. The van der Waals surface area contributed by atoms with E-state index in [0.717, 1.165) is 36.2 Å². The first-order valence-corrected chi connectivity index (χ1v) is 7.63. The molecular formula is C19H22O3. The molecule has 0 amide bonds. The summed E-state index contributed by atoms with van der Waals surface area (Å²) in [6.45, 7) is 0. The van der Waals surface area contributed by atoms with E-state index in [9.17, 15) is 4.79 Å². The van der Waals surface area contributed by atoms with Gasteiger partial charge in [-0.15, -0.1) is 0 Å². The minimum absolute atomic E-state index is 0.307. The van der Waals surface area contributed by atoms with Crippen LogP contribution in [0.2, 0.25) is 0 Å². The highest BCUT2D eigenvalue weighted by atomic mass is 16.5. The highest BCUT2D eigenvalue weighted by Gasteiger charge is 2.18. The lowest BCUT2D eigenvalue weighted by Crippen LogP contribution is -2.11. The summed E-state index contributed by atoms with van der Waals surface area (Å²) in [5, 5.41) is 0. The Kier molecular flexibility index (Phi) is 6.49. The lowest BCUT2D eigenvalue weighted by molar-refractivity contribution is -0.104. The number of carbonyl (C=O) groups excluding carboxylic acids is 1. The molecule has 0 bridgehead atoms. The van der Waals surface area contributed by atoms with E-state index in [2.05, 4.69) is 0 Å².